The first-order valence-corrected chi connectivity index (χ1v) is 6.44. The molecule has 7 nitrogen and oxygen atoms in total. The Morgan fingerprint density at radius 1 is 1.35 bits per heavy atom. The van der Waals surface area contributed by atoms with Crippen LogP contribution in [0.25, 0.3) is 0 Å². The molecular formula is C13H13F3N4O3. The second kappa shape index (κ2) is 6.65. The highest BCUT2D eigenvalue weighted by atomic mass is 19.4. The van der Waals surface area contributed by atoms with E-state index in [-0.39, 0.29) is 24.8 Å². The van der Waals surface area contributed by atoms with E-state index in [9.17, 15) is 23.3 Å². The van der Waals surface area contributed by atoms with Gasteiger partial charge in [-0.25, -0.2) is 0 Å². The molecule has 124 valence electrons. The van der Waals surface area contributed by atoms with Crippen LogP contribution in [-0.2, 0) is 13.2 Å². The van der Waals surface area contributed by atoms with Crippen LogP contribution in [0.4, 0.5) is 19.0 Å². The second-order valence-electron chi connectivity index (χ2n) is 4.76. The van der Waals surface area contributed by atoms with Crippen molar-refractivity contribution in [2.45, 2.75) is 19.6 Å². The zero-order valence-corrected chi connectivity index (χ0v) is 12.0. The van der Waals surface area contributed by atoms with Gasteiger partial charge in [0.15, 0.2) is 6.67 Å². The van der Waals surface area contributed by atoms with Gasteiger partial charge in [-0.2, -0.15) is 0 Å². The zero-order valence-electron chi connectivity index (χ0n) is 12.0. The molecule has 0 unspecified atom stereocenters. The summed E-state index contributed by atoms with van der Waals surface area (Å²) in [4.78, 5) is 11.8. The number of benzene rings is 1. The Morgan fingerprint density at radius 2 is 2.04 bits per heavy atom. The summed E-state index contributed by atoms with van der Waals surface area (Å²) in [5.74, 6) is -0.501. The number of alkyl halides is 3. The Labute approximate surface area is 129 Å². The highest BCUT2D eigenvalue weighted by molar-refractivity contribution is 5.33. The number of ether oxygens (including phenoxy) is 1. The third-order valence-electron chi connectivity index (χ3n) is 2.90. The average molecular weight is 330 g/mol. The minimum Gasteiger partial charge on any atom is -0.405 e. The van der Waals surface area contributed by atoms with Crippen molar-refractivity contribution in [1.29, 1.82) is 0 Å². The summed E-state index contributed by atoms with van der Waals surface area (Å²) < 4.78 is 42.3. The summed E-state index contributed by atoms with van der Waals surface area (Å²) in [5.41, 5.74) is 0.308. The van der Waals surface area contributed by atoms with E-state index in [0.717, 1.165) is 4.68 Å². The van der Waals surface area contributed by atoms with Crippen LogP contribution in [0.3, 0.4) is 0 Å². The van der Waals surface area contributed by atoms with E-state index in [1.165, 1.54) is 30.5 Å². The van der Waals surface area contributed by atoms with Crippen LogP contribution >= 0.6 is 0 Å². The van der Waals surface area contributed by atoms with Gasteiger partial charge in [0, 0.05) is 12.1 Å². The van der Waals surface area contributed by atoms with Gasteiger partial charge in [0.1, 0.15) is 5.75 Å². The molecule has 0 spiro atoms. The lowest BCUT2D eigenvalue weighted by molar-refractivity contribution is -0.393. The Balaban J connectivity index is 2.10. The van der Waals surface area contributed by atoms with E-state index in [1.54, 1.807) is 18.0 Å². The molecular weight excluding hydrogens is 317 g/mol. The number of hydrogen-bond acceptors (Lipinski definition) is 5. The van der Waals surface area contributed by atoms with Crippen molar-refractivity contribution in [2.75, 3.05) is 7.05 Å². The van der Waals surface area contributed by atoms with Crippen LogP contribution in [-0.4, -0.2) is 33.0 Å². The van der Waals surface area contributed by atoms with Gasteiger partial charge in [-0.05, 0) is 18.0 Å². The lowest BCUT2D eigenvalue weighted by Crippen LogP contribution is -2.24. The molecule has 0 saturated carbocycles. The van der Waals surface area contributed by atoms with Crippen molar-refractivity contribution in [1.82, 2.24) is 14.7 Å². The maximum atomic E-state index is 12.4. The number of hydrogen-bond donors (Lipinski definition) is 0. The van der Waals surface area contributed by atoms with Crippen molar-refractivity contribution in [3.05, 3.63) is 52.2 Å². The minimum absolute atomic E-state index is 0.0453. The molecule has 0 saturated heterocycles. The fraction of sp³-hybridized carbons (Fsp3) is 0.308. The highest BCUT2D eigenvalue weighted by Gasteiger charge is 2.32. The molecule has 0 fully saturated rings. The van der Waals surface area contributed by atoms with Gasteiger partial charge in [-0.3, -0.25) is 4.90 Å². The number of halogens is 3. The first kappa shape index (κ1) is 16.7. The van der Waals surface area contributed by atoms with Crippen LogP contribution in [0.5, 0.6) is 5.75 Å². The minimum atomic E-state index is -4.78. The largest absolute Gasteiger partial charge is 0.573 e. The van der Waals surface area contributed by atoms with E-state index >= 15 is 0 Å². The van der Waals surface area contributed by atoms with Gasteiger partial charge in [-0.15, -0.1) is 17.9 Å². The first-order valence-electron chi connectivity index (χ1n) is 6.44. The number of aromatic nitrogens is 2. The Bertz CT molecular complexity index is 687. The predicted molar refractivity (Wildman–Crippen MR) is 73.5 cm³/mol. The van der Waals surface area contributed by atoms with E-state index in [0.29, 0.717) is 5.56 Å². The van der Waals surface area contributed by atoms with Crippen molar-refractivity contribution in [3.63, 3.8) is 0 Å². The topological polar surface area (TPSA) is 73.4 Å². The molecule has 0 radical (unpaired) electrons. The normalized spacial score (nSPS) is 11.7. The molecule has 23 heavy (non-hydrogen) atoms. The van der Waals surface area contributed by atoms with E-state index in [4.69, 9.17) is 0 Å². The van der Waals surface area contributed by atoms with Crippen LogP contribution in [0.2, 0.25) is 0 Å². The molecule has 0 amide bonds. The third kappa shape index (κ3) is 4.68. The van der Waals surface area contributed by atoms with E-state index in [1.807, 2.05) is 0 Å². The van der Waals surface area contributed by atoms with Crippen molar-refractivity contribution in [2.24, 2.45) is 0 Å². The van der Waals surface area contributed by atoms with Crippen LogP contribution in [0.1, 0.15) is 5.56 Å². The maximum Gasteiger partial charge on any atom is 0.573 e. The summed E-state index contributed by atoms with van der Waals surface area (Å²) >= 11 is 0. The van der Waals surface area contributed by atoms with E-state index < -0.39 is 11.3 Å². The molecule has 2 aromatic rings. The SMILES string of the molecule is CN(Cc1ccccc1OC(F)(F)F)Cn1nccc1[N+](=O)[O-]. The molecule has 1 heterocycles. The zero-order chi connectivity index (χ0) is 17.0. The van der Waals surface area contributed by atoms with Crippen molar-refractivity contribution in [3.8, 4) is 5.75 Å². The van der Waals surface area contributed by atoms with Gasteiger partial charge in [0.25, 0.3) is 0 Å². The fourth-order valence-corrected chi connectivity index (χ4v) is 2.02. The molecule has 0 aliphatic rings. The maximum absolute atomic E-state index is 12.4. The fourth-order valence-electron chi connectivity index (χ4n) is 2.02. The van der Waals surface area contributed by atoms with Gasteiger partial charge < -0.3 is 14.9 Å². The molecule has 0 atom stereocenters. The Kier molecular flexibility index (Phi) is 4.84. The van der Waals surface area contributed by atoms with Gasteiger partial charge in [-0.1, -0.05) is 23.3 Å². The average Bonchev–Trinajstić information content (AvgIpc) is 2.87. The predicted octanol–water partition coefficient (Wildman–Crippen LogP) is 2.78. The van der Waals surface area contributed by atoms with Crippen LogP contribution in [0.15, 0.2) is 36.5 Å². The number of rotatable bonds is 6. The van der Waals surface area contributed by atoms with Gasteiger partial charge >= 0.3 is 12.2 Å². The number of nitro groups is 1. The smallest absolute Gasteiger partial charge is 0.405 e. The third-order valence-corrected chi connectivity index (χ3v) is 2.90. The quantitative estimate of drug-likeness (QED) is 0.601. The molecule has 1 aromatic carbocycles. The van der Waals surface area contributed by atoms with Crippen LogP contribution < -0.4 is 4.74 Å². The summed E-state index contributed by atoms with van der Waals surface area (Å²) in [7, 11) is 1.61. The van der Waals surface area contributed by atoms with Gasteiger partial charge in [0.2, 0.25) is 0 Å². The van der Waals surface area contributed by atoms with Gasteiger partial charge in [0.05, 0.1) is 12.3 Å². The summed E-state index contributed by atoms with van der Waals surface area (Å²) in [5, 5.41) is 14.6. The standard InChI is InChI=1S/C13H13F3N4O3/c1-18(9-19-12(20(21)22)6-7-17-19)8-10-4-2-3-5-11(10)23-13(14,15)16/h2-7H,8-9H2,1H3. The second-order valence-corrected chi connectivity index (χ2v) is 4.76. The monoisotopic (exact) mass is 330 g/mol. The molecule has 10 heteroatoms. The van der Waals surface area contributed by atoms with E-state index in [2.05, 4.69) is 9.84 Å². The lowest BCUT2D eigenvalue weighted by atomic mass is 10.2. The summed E-state index contributed by atoms with van der Waals surface area (Å²) in [6.07, 6.45) is -3.50. The first-order chi connectivity index (χ1) is 10.8. The molecule has 0 N–H and O–H groups in total. The van der Waals surface area contributed by atoms with Crippen molar-refractivity contribution < 1.29 is 22.8 Å². The molecule has 0 aliphatic carbocycles. The number of para-hydroxylation sites is 1. The molecule has 1 aromatic heterocycles. The van der Waals surface area contributed by atoms with Crippen LogP contribution in [0, 0.1) is 10.1 Å². The Hall–Kier alpha value is -2.62. The lowest BCUT2D eigenvalue weighted by Gasteiger charge is -2.18. The summed E-state index contributed by atoms with van der Waals surface area (Å²) in [6, 6.07) is 6.97. The summed E-state index contributed by atoms with van der Waals surface area (Å²) in [6.45, 7) is 0.146. The Morgan fingerprint density at radius 3 is 2.70 bits per heavy atom. The highest BCUT2D eigenvalue weighted by Crippen LogP contribution is 2.27. The number of nitrogens with zero attached hydrogens (tertiary/aromatic N) is 4. The molecule has 2 rings (SSSR count). The molecule has 0 aliphatic heterocycles. The molecule has 0 bridgehead atoms. The van der Waals surface area contributed by atoms with Crippen molar-refractivity contribution >= 4 is 5.82 Å².